The molecule has 0 aromatic carbocycles. The summed E-state index contributed by atoms with van der Waals surface area (Å²) in [6, 6.07) is 1.61. The quantitative estimate of drug-likeness (QED) is 0.649. The summed E-state index contributed by atoms with van der Waals surface area (Å²) in [5.74, 6) is -1.59. The van der Waals surface area contributed by atoms with Crippen LogP contribution in [0.15, 0.2) is 11.4 Å². The van der Waals surface area contributed by atoms with Gasteiger partial charge in [-0.15, -0.1) is 11.3 Å². The lowest BCUT2D eigenvalue weighted by Gasteiger charge is -1.91. The molecule has 0 amide bonds. The minimum absolute atomic E-state index is 0.350. The molecule has 2 N–H and O–H groups in total. The lowest BCUT2D eigenvalue weighted by atomic mass is 10.6. The third-order valence-electron chi connectivity index (χ3n) is 1.45. The van der Waals surface area contributed by atoms with E-state index in [4.69, 9.17) is 5.11 Å². The highest BCUT2D eigenvalue weighted by molar-refractivity contribution is 7.16. The highest BCUT2D eigenvalue weighted by atomic mass is 32.1. The van der Waals surface area contributed by atoms with Gasteiger partial charge in [0.25, 0.3) is 5.82 Å². The monoisotopic (exact) mass is 184 g/mol. The Hall–Kier alpha value is -1.56. The van der Waals surface area contributed by atoms with E-state index < -0.39 is 5.97 Å². The normalized spacial score (nSPS) is 10.7. The number of carboxylic acid groups (broad SMARTS) is 1. The zero-order valence-corrected chi connectivity index (χ0v) is 6.58. The van der Waals surface area contributed by atoms with Gasteiger partial charge in [0.1, 0.15) is 10.3 Å². The number of fused-ring (bicyclic) bond motifs is 1. The van der Waals surface area contributed by atoms with Crippen LogP contribution in [-0.2, 0) is 0 Å². The first-order chi connectivity index (χ1) is 5.70. The van der Waals surface area contributed by atoms with Gasteiger partial charge in [-0.25, -0.2) is 9.78 Å². The van der Waals surface area contributed by atoms with E-state index in [1.54, 1.807) is 11.4 Å². The minimum atomic E-state index is -1.24. The number of rotatable bonds is 1. The van der Waals surface area contributed by atoms with Crippen LogP contribution in [0.5, 0.6) is 0 Å². The van der Waals surface area contributed by atoms with Crippen molar-refractivity contribution in [2.24, 2.45) is 0 Å². The van der Waals surface area contributed by atoms with Gasteiger partial charge in [0.2, 0.25) is 0 Å². The summed E-state index contributed by atoms with van der Waals surface area (Å²) in [6.07, 6.45) is 0. The predicted octanol–water partition coefficient (Wildman–Crippen LogP) is 1.03. The molecule has 2 aromatic rings. The molecule has 0 fully saturated rings. The number of carbonyl (C=O) groups is 1. The highest BCUT2D eigenvalue weighted by Crippen LogP contribution is 2.19. The summed E-state index contributed by atoms with van der Waals surface area (Å²) in [5, 5.41) is 19.5. The zero-order valence-electron chi connectivity index (χ0n) is 5.76. The molecule has 62 valence electrons. The summed E-state index contributed by atoms with van der Waals surface area (Å²) >= 11 is 1.28. The first-order valence-electron chi connectivity index (χ1n) is 3.08. The van der Waals surface area contributed by atoms with Gasteiger partial charge in [-0.05, 0) is 11.4 Å². The third-order valence-corrected chi connectivity index (χ3v) is 2.25. The third kappa shape index (κ3) is 0.782. The standard InChI is InChI=1S/C6H4N2O3S/c9-6(10)4-7-5-3(8(4)11)1-2-12-5/h1-2,11H,(H,9,10). The summed E-state index contributed by atoms with van der Waals surface area (Å²) in [5.41, 5.74) is 0.428. The van der Waals surface area contributed by atoms with Gasteiger partial charge in [0, 0.05) is 0 Å². The molecule has 0 bridgehead atoms. The van der Waals surface area contributed by atoms with E-state index in [0.29, 0.717) is 15.1 Å². The second-order valence-corrected chi connectivity index (χ2v) is 3.06. The van der Waals surface area contributed by atoms with Crippen molar-refractivity contribution in [1.29, 1.82) is 0 Å². The average Bonchev–Trinajstić information content (AvgIpc) is 2.53. The number of aromatic carboxylic acids is 1. The Bertz CT molecular complexity index is 445. The van der Waals surface area contributed by atoms with Crippen molar-refractivity contribution in [3.8, 4) is 0 Å². The Morgan fingerprint density at radius 1 is 1.67 bits per heavy atom. The number of nitrogens with zero attached hydrogens (tertiary/aromatic N) is 2. The van der Waals surface area contributed by atoms with Crippen LogP contribution in [-0.4, -0.2) is 26.0 Å². The van der Waals surface area contributed by atoms with Gasteiger partial charge in [-0.2, -0.15) is 4.73 Å². The molecule has 0 aliphatic heterocycles. The van der Waals surface area contributed by atoms with Crippen molar-refractivity contribution in [3.05, 3.63) is 17.3 Å². The Labute approximate surface area is 70.5 Å². The van der Waals surface area contributed by atoms with Crippen LogP contribution in [0.25, 0.3) is 10.3 Å². The maximum absolute atomic E-state index is 10.5. The summed E-state index contributed by atoms with van der Waals surface area (Å²) in [7, 11) is 0. The number of thiophene rings is 1. The van der Waals surface area contributed by atoms with Gasteiger partial charge in [-0.1, -0.05) is 0 Å². The molecular weight excluding hydrogens is 180 g/mol. The van der Waals surface area contributed by atoms with Crippen LogP contribution >= 0.6 is 11.3 Å². The maximum atomic E-state index is 10.5. The Morgan fingerprint density at radius 2 is 2.42 bits per heavy atom. The molecule has 0 saturated heterocycles. The van der Waals surface area contributed by atoms with Gasteiger partial charge in [-0.3, -0.25) is 0 Å². The van der Waals surface area contributed by atoms with Crippen molar-refractivity contribution >= 4 is 27.7 Å². The highest BCUT2D eigenvalue weighted by Gasteiger charge is 2.16. The first-order valence-corrected chi connectivity index (χ1v) is 3.96. The van der Waals surface area contributed by atoms with Crippen molar-refractivity contribution < 1.29 is 15.1 Å². The molecule has 0 aliphatic rings. The number of carboxylic acids is 1. The molecule has 0 unspecified atom stereocenters. The Kier molecular flexibility index (Phi) is 1.31. The van der Waals surface area contributed by atoms with Crippen LogP contribution in [0, 0.1) is 0 Å². The molecule has 12 heavy (non-hydrogen) atoms. The molecule has 2 heterocycles. The minimum Gasteiger partial charge on any atom is -0.475 e. The summed E-state index contributed by atoms with van der Waals surface area (Å²) < 4.78 is 0.578. The number of hydrogen-bond donors (Lipinski definition) is 2. The van der Waals surface area contributed by atoms with E-state index in [1.807, 2.05) is 0 Å². The maximum Gasteiger partial charge on any atom is 0.375 e. The molecule has 0 aliphatic carbocycles. The lowest BCUT2D eigenvalue weighted by molar-refractivity contribution is 0.0639. The van der Waals surface area contributed by atoms with Crippen LogP contribution in [0.4, 0.5) is 0 Å². The fourth-order valence-corrected chi connectivity index (χ4v) is 1.68. The average molecular weight is 184 g/mol. The van der Waals surface area contributed by atoms with Gasteiger partial charge >= 0.3 is 5.97 Å². The SMILES string of the molecule is O=C(O)c1nc2sccc2n1O. The van der Waals surface area contributed by atoms with Crippen LogP contribution < -0.4 is 0 Å². The summed E-state index contributed by atoms with van der Waals surface area (Å²) in [6.45, 7) is 0. The fourth-order valence-electron chi connectivity index (χ4n) is 0.935. The molecule has 6 heteroatoms. The van der Waals surface area contributed by atoms with Gasteiger partial charge < -0.3 is 10.3 Å². The van der Waals surface area contributed by atoms with E-state index in [9.17, 15) is 10.0 Å². The van der Waals surface area contributed by atoms with E-state index in [0.717, 1.165) is 0 Å². The molecule has 0 spiro atoms. The van der Waals surface area contributed by atoms with Crippen molar-refractivity contribution in [1.82, 2.24) is 9.71 Å². The van der Waals surface area contributed by atoms with Crippen LogP contribution in [0.2, 0.25) is 0 Å². The van der Waals surface area contributed by atoms with E-state index in [2.05, 4.69) is 4.98 Å². The van der Waals surface area contributed by atoms with Gasteiger partial charge in [0.15, 0.2) is 0 Å². The van der Waals surface area contributed by atoms with Crippen molar-refractivity contribution in [2.75, 3.05) is 0 Å². The molecule has 2 rings (SSSR count). The molecule has 2 aromatic heterocycles. The van der Waals surface area contributed by atoms with Crippen molar-refractivity contribution in [2.45, 2.75) is 0 Å². The molecule has 0 saturated carbocycles. The molecule has 0 radical (unpaired) electrons. The zero-order chi connectivity index (χ0) is 8.72. The predicted molar refractivity (Wildman–Crippen MR) is 41.8 cm³/mol. The molecule has 0 atom stereocenters. The first kappa shape index (κ1) is 7.11. The molecule has 5 nitrogen and oxygen atoms in total. The summed E-state index contributed by atoms with van der Waals surface area (Å²) in [4.78, 5) is 14.7. The number of imidazole rings is 1. The number of aromatic nitrogens is 2. The second kappa shape index (κ2) is 2.21. The van der Waals surface area contributed by atoms with Crippen molar-refractivity contribution in [3.63, 3.8) is 0 Å². The Balaban J connectivity index is 2.78. The largest absolute Gasteiger partial charge is 0.475 e. The topological polar surface area (TPSA) is 75.3 Å². The van der Waals surface area contributed by atoms with E-state index >= 15 is 0 Å². The fraction of sp³-hybridized carbons (Fsp3) is 0. The Morgan fingerprint density at radius 3 is 3.00 bits per heavy atom. The van der Waals surface area contributed by atoms with Gasteiger partial charge in [0.05, 0.1) is 0 Å². The van der Waals surface area contributed by atoms with Crippen LogP contribution in [0.3, 0.4) is 0 Å². The number of hydrogen-bond acceptors (Lipinski definition) is 4. The lowest BCUT2D eigenvalue weighted by Crippen LogP contribution is -2.06. The van der Waals surface area contributed by atoms with E-state index in [1.165, 1.54) is 11.3 Å². The van der Waals surface area contributed by atoms with E-state index in [-0.39, 0.29) is 5.82 Å². The van der Waals surface area contributed by atoms with Crippen LogP contribution in [0.1, 0.15) is 10.6 Å². The molecular formula is C6H4N2O3S. The second-order valence-electron chi connectivity index (χ2n) is 2.16. The smallest absolute Gasteiger partial charge is 0.375 e.